The van der Waals surface area contributed by atoms with Crippen molar-refractivity contribution in [1.82, 2.24) is 20.5 Å². The van der Waals surface area contributed by atoms with Crippen LogP contribution in [0.2, 0.25) is 5.02 Å². The van der Waals surface area contributed by atoms with E-state index in [0.717, 1.165) is 24.4 Å². The van der Waals surface area contributed by atoms with Crippen molar-refractivity contribution in [2.24, 2.45) is 0 Å². The standard InChI is InChI=1S/C25H30ClN5O4S/c1-31-10-11-34-14-17(31)15-35-21-13-27-8-6-16(21)12-29-19-7-9-28-24(32)22(19)25(36)30-20-5-3-4-18(26)23(20)33-2/h3-6,8,13,17,29H,7,9-12,14-15H2,1-2H3,(H,28,32)(H,30,36)/t17-/m0/s1. The predicted octanol–water partition coefficient (Wildman–Crippen LogP) is 2.76. The number of benzene rings is 1. The van der Waals surface area contributed by atoms with Crippen molar-refractivity contribution in [3.63, 3.8) is 0 Å². The molecule has 1 aromatic heterocycles. The zero-order valence-electron chi connectivity index (χ0n) is 20.3. The molecule has 3 N–H and O–H groups in total. The maximum atomic E-state index is 12.8. The number of carbonyl (C=O) groups excluding carboxylic acids is 1. The van der Waals surface area contributed by atoms with Gasteiger partial charge < -0.3 is 30.2 Å². The molecule has 2 aliphatic heterocycles. The van der Waals surface area contributed by atoms with Gasteiger partial charge in [0.1, 0.15) is 17.3 Å². The molecule has 9 nitrogen and oxygen atoms in total. The third kappa shape index (κ3) is 6.25. The van der Waals surface area contributed by atoms with Crippen LogP contribution < -0.4 is 25.4 Å². The van der Waals surface area contributed by atoms with E-state index >= 15 is 0 Å². The SMILES string of the molecule is COc1c(Cl)cccc1NC(=S)C1=C(NCc2ccncc2OC[C@@H]2COCCN2C)CCNC1=O. The molecule has 36 heavy (non-hydrogen) atoms. The van der Waals surface area contributed by atoms with E-state index < -0.39 is 0 Å². The first-order valence-electron chi connectivity index (χ1n) is 11.7. The van der Waals surface area contributed by atoms with Crippen molar-refractivity contribution >= 4 is 40.4 Å². The molecule has 0 spiro atoms. The summed E-state index contributed by atoms with van der Waals surface area (Å²) in [5, 5.41) is 9.83. The van der Waals surface area contributed by atoms with E-state index in [1.165, 1.54) is 7.11 Å². The number of ether oxygens (including phenoxy) is 3. The second-order valence-electron chi connectivity index (χ2n) is 8.49. The Labute approximate surface area is 221 Å². The van der Waals surface area contributed by atoms with Crippen LogP contribution in [-0.4, -0.2) is 73.9 Å². The van der Waals surface area contributed by atoms with Crippen molar-refractivity contribution in [3.8, 4) is 11.5 Å². The van der Waals surface area contributed by atoms with E-state index in [9.17, 15) is 4.79 Å². The molecular formula is C25H30ClN5O4S. The van der Waals surface area contributed by atoms with Gasteiger partial charge in [0, 0.05) is 43.5 Å². The maximum absolute atomic E-state index is 12.8. The van der Waals surface area contributed by atoms with Gasteiger partial charge in [0.2, 0.25) is 0 Å². The van der Waals surface area contributed by atoms with E-state index in [1.54, 1.807) is 30.6 Å². The molecule has 4 rings (SSSR count). The normalized spacial score (nSPS) is 18.4. The number of rotatable bonds is 9. The summed E-state index contributed by atoms with van der Waals surface area (Å²) in [7, 11) is 3.60. The Morgan fingerprint density at radius 2 is 2.25 bits per heavy atom. The second-order valence-corrected chi connectivity index (χ2v) is 9.31. The fourth-order valence-corrected chi connectivity index (χ4v) is 4.63. The largest absolute Gasteiger partial charge is 0.493 e. The summed E-state index contributed by atoms with van der Waals surface area (Å²) in [4.78, 5) is 19.5. The third-order valence-corrected chi connectivity index (χ3v) is 6.76. The molecule has 2 aromatic rings. The van der Waals surface area contributed by atoms with Crippen LogP contribution >= 0.6 is 23.8 Å². The summed E-state index contributed by atoms with van der Waals surface area (Å²) in [6.07, 6.45) is 4.04. The van der Waals surface area contributed by atoms with E-state index in [2.05, 4.69) is 32.9 Å². The number of morpholine rings is 1. The lowest BCUT2D eigenvalue weighted by Crippen LogP contribution is -2.46. The Balaban J connectivity index is 1.48. The van der Waals surface area contributed by atoms with Crippen LogP contribution in [0.4, 0.5) is 5.69 Å². The van der Waals surface area contributed by atoms with Crippen molar-refractivity contribution in [2.75, 3.05) is 52.4 Å². The number of pyridine rings is 1. The lowest BCUT2D eigenvalue weighted by Gasteiger charge is -2.32. The minimum atomic E-state index is -0.242. The summed E-state index contributed by atoms with van der Waals surface area (Å²) < 4.78 is 17.1. The molecule has 1 aromatic carbocycles. The van der Waals surface area contributed by atoms with Gasteiger partial charge in [-0.2, -0.15) is 0 Å². The molecule has 0 aliphatic carbocycles. The minimum Gasteiger partial charge on any atom is -0.493 e. The first-order chi connectivity index (χ1) is 17.5. The van der Waals surface area contributed by atoms with Crippen LogP contribution in [0.1, 0.15) is 12.0 Å². The quantitative estimate of drug-likeness (QED) is 0.422. The Hall–Kier alpha value is -2.92. The van der Waals surface area contributed by atoms with Gasteiger partial charge in [0.25, 0.3) is 5.91 Å². The topological polar surface area (TPSA) is 97.0 Å². The van der Waals surface area contributed by atoms with Gasteiger partial charge in [0.15, 0.2) is 5.75 Å². The Kier molecular flexibility index (Phi) is 8.98. The molecule has 11 heteroatoms. The van der Waals surface area contributed by atoms with E-state index in [4.69, 9.17) is 38.0 Å². The fourth-order valence-electron chi connectivity index (χ4n) is 4.05. The second kappa shape index (κ2) is 12.4. The van der Waals surface area contributed by atoms with Crippen LogP contribution in [0.25, 0.3) is 0 Å². The number of aromatic nitrogens is 1. The molecule has 0 radical (unpaired) electrons. The zero-order valence-corrected chi connectivity index (χ0v) is 21.9. The van der Waals surface area contributed by atoms with Gasteiger partial charge >= 0.3 is 0 Å². The Morgan fingerprint density at radius 1 is 1.39 bits per heavy atom. The Morgan fingerprint density at radius 3 is 3.06 bits per heavy atom. The molecule has 1 amide bonds. The zero-order chi connectivity index (χ0) is 25.5. The number of carbonyl (C=O) groups is 1. The smallest absolute Gasteiger partial charge is 0.256 e. The van der Waals surface area contributed by atoms with E-state index in [-0.39, 0.29) is 16.9 Å². The molecule has 1 saturated heterocycles. The molecule has 0 saturated carbocycles. The lowest BCUT2D eigenvalue weighted by molar-refractivity contribution is -0.117. The minimum absolute atomic E-state index is 0.183. The van der Waals surface area contributed by atoms with Gasteiger partial charge in [-0.3, -0.25) is 14.7 Å². The first-order valence-corrected chi connectivity index (χ1v) is 12.5. The summed E-state index contributed by atoms with van der Waals surface area (Å²) in [6, 6.07) is 7.39. The van der Waals surface area contributed by atoms with Gasteiger partial charge in [-0.25, -0.2) is 0 Å². The van der Waals surface area contributed by atoms with Crippen molar-refractivity contribution in [1.29, 1.82) is 0 Å². The summed E-state index contributed by atoms with van der Waals surface area (Å²) in [6.45, 7) is 3.72. The van der Waals surface area contributed by atoms with Crippen molar-refractivity contribution < 1.29 is 19.0 Å². The molecular weight excluding hydrogens is 502 g/mol. The highest BCUT2D eigenvalue weighted by atomic mass is 35.5. The van der Waals surface area contributed by atoms with Gasteiger partial charge in [-0.15, -0.1) is 0 Å². The fraction of sp³-hybridized carbons (Fsp3) is 0.400. The van der Waals surface area contributed by atoms with Crippen molar-refractivity contribution in [3.05, 3.63) is 58.5 Å². The number of methoxy groups -OCH3 is 1. The predicted molar refractivity (Wildman–Crippen MR) is 143 cm³/mol. The average Bonchev–Trinajstić information content (AvgIpc) is 2.87. The number of para-hydroxylation sites is 1. The number of hydrogen-bond acceptors (Lipinski definition) is 8. The molecule has 3 heterocycles. The van der Waals surface area contributed by atoms with Crippen LogP contribution in [0.5, 0.6) is 11.5 Å². The average molecular weight is 532 g/mol. The lowest BCUT2D eigenvalue weighted by atomic mass is 10.1. The Bertz CT molecular complexity index is 1150. The molecule has 2 aliphatic rings. The number of amides is 1. The van der Waals surface area contributed by atoms with Gasteiger partial charge in [-0.05, 0) is 25.2 Å². The highest BCUT2D eigenvalue weighted by Gasteiger charge is 2.25. The van der Waals surface area contributed by atoms with Crippen LogP contribution in [0.15, 0.2) is 47.9 Å². The van der Waals surface area contributed by atoms with Gasteiger partial charge in [0.05, 0.1) is 48.8 Å². The summed E-state index contributed by atoms with van der Waals surface area (Å²) in [5.41, 5.74) is 2.65. The molecule has 192 valence electrons. The van der Waals surface area contributed by atoms with Crippen LogP contribution in [0.3, 0.4) is 0 Å². The van der Waals surface area contributed by atoms with Gasteiger partial charge in [-0.1, -0.05) is 29.9 Å². The summed E-state index contributed by atoms with van der Waals surface area (Å²) in [5.74, 6) is 0.907. The highest BCUT2D eigenvalue weighted by Crippen LogP contribution is 2.33. The van der Waals surface area contributed by atoms with Crippen LogP contribution in [-0.2, 0) is 16.1 Å². The highest BCUT2D eigenvalue weighted by molar-refractivity contribution is 7.81. The number of nitrogens with zero attached hydrogens (tertiary/aromatic N) is 2. The monoisotopic (exact) mass is 531 g/mol. The van der Waals surface area contributed by atoms with Crippen LogP contribution in [0, 0.1) is 0 Å². The maximum Gasteiger partial charge on any atom is 0.256 e. The third-order valence-electron chi connectivity index (χ3n) is 6.15. The number of hydrogen-bond donors (Lipinski definition) is 3. The number of halogens is 1. The number of likely N-dealkylation sites (N-methyl/N-ethyl adjacent to an activating group) is 1. The molecule has 0 bridgehead atoms. The molecule has 0 unspecified atom stereocenters. The molecule has 1 atom stereocenters. The molecule has 1 fully saturated rings. The van der Waals surface area contributed by atoms with E-state index in [0.29, 0.717) is 60.5 Å². The van der Waals surface area contributed by atoms with Crippen molar-refractivity contribution in [2.45, 2.75) is 19.0 Å². The number of anilines is 1. The first kappa shape index (κ1) is 26.2. The number of thiocarbonyl (C=S) groups is 1. The summed E-state index contributed by atoms with van der Waals surface area (Å²) >= 11 is 11.9. The number of nitrogens with one attached hydrogen (secondary N) is 3. The van der Waals surface area contributed by atoms with E-state index in [1.807, 2.05) is 6.07 Å².